The molecule has 4 heterocycles. The summed E-state index contributed by atoms with van der Waals surface area (Å²) in [4.78, 5) is 68.2. The second-order valence-electron chi connectivity index (χ2n) is 17.5. The van der Waals surface area contributed by atoms with Crippen molar-refractivity contribution in [1.29, 1.82) is 0 Å². The SMILES string of the molecule is CC[C@]1(C)CC(OC(=O)NC(=O)C2CCN(C(=O)CN3C=Nc4[nH]ccc4C3N3CCC(N)C3)CC2)C2(C)C(C)CCC3(CCC(=O)C32)C(C)[C@@H]1O. The fourth-order valence-corrected chi connectivity index (χ4v) is 11.4. The molecule has 7 rings (SSSR count). The van der Waals surface area contributed by atoms with Crippen LogP contribution in [0.25, 0.3) is 0 Å². The summed E-state index contributed by atoms with van der Waals surface area (Å²) in [6, 6.07) is 2.11. The number of aliphatic hydroxyl groups excluding tert-OH is 1. The summed E-state index contributed by atoms with van der Waals surface area (Å²) in [5.41, 5.74) is 5.78. The Labute approximate surface area is 307 Å². The Morgan fingerprint density at radius 2 is 1.87 bits per heavy atom. The first-order valence-electron chi connectivity index (χ1n) is 19.7. The molecule has 0 spiro atoms. The highest BCUT2D eigenvalue weighted by atomic mass is 16.6. The topological polar surface area (TPSA) is 174 Å². The van der Waals surface area contributed by atoms with Crippen LogP contribution in [-0.4, -0.2) is 106 Å². The Bertz CT molecular complexity index is 1590. The molecule has 2 saturated heterocycles. The van der Waals surface area contributed by atoms with Crippen LogP contribution in [0.2, 0.25) is 0 Å². The van der Waals surface area contributed by atoms with Crippen molar-refractivity contribution in [3.8, 4) is 0 Å². The van der Waals surface area contributed by atoms with Crippen LogP contribution in [-0.2, 0) is 19.1 Å². The summed E-state index contributed by atoms with van der Waals surface area (Å²) >= 11 is 0. The van der Waals surface area contributed by atoms with Gasteiger partial charge < -0.3 is 30.4 Å². The minimum absolute atomic E-state index is 0.0376. The van der Waals surface area contributed by atoms with E-state index in [4.69, 9.17) is 10.5 Å². The summed E-state index contributed by atoms with van der Waals surface area (Å²) in [7, 11) is 0. The van der Waals surface area contributed by atoms with Crippen molar-refractivity contribution < 1.29 is 29.0 Å². The lowest BCUT2D eigenvalue weighted by Crippen LogP contribution is -2.63. The van der Waals surface area contributed by atoms with E-state index in [-0.39, 0.29) is 53.6 Å². The summed E-state index contributed by atoms with van der Waals surface area (Å²) in [5.74, 6) is -0.129. The molecule has 3 aliphatic heterocycles. The number of hydrogen-bond acceptors (Lipinski definition) is 10. The van der Waals surface area contributed by atoms with Crippen LogP contribution in [0.5, 0.6) is 0 Å². The van der Waals surface area contributed by atoms with Crippen molar-refractivity contribution in [1.82, 2.24) is 25.0 Å². The molecular formula is C39H59N7O6. The molecule has 0 radical (unpaired) electrons. The van der Waals surface area contributed by atoms with E-state index in [1.165, 1.54) is 0 Å². The van der Waals surface area contributed by atoms with Crippen molar-refractivity contribution in [2.45, 2.75) is 117 Å². The summed E-state index contributed by atoms with van der Waals surface area (Å²) in [6.45, 7) is 13.1. The number of nitrogens with zero attached hydrogens (tertiary/aromatic N) is 4. The number of ether oxygens (including phenoxy) is 1. The Hall–Kier alpha value is -3.29. The van der Waals surface area contributed by atoms with Gasteiger partial charge in [0.25, 0.3) is 0 Å². The van der Waals surface area contributed by atoms with Crippen LogP contribution in [0.1, 0.15) is 104 Å². The normalized spacial score (nSPS) is 39.4. The van der Waals surface area contributed by atoms with Gasteiger partial charge in [-0.25, -0.2) is 9.79 Å². The zero-order valence-electron chi connectivity index (χ0n) is 31.6. The van der Waals surface area contributed by atoms with Crippen LogP contribution in [0.3, 0.4) is 0 Å². The van der Waals surface area contributed by atoms with E-state index in [0.717, 1.165) is 50.2 Å². The molecule has 3 amide bonds. The predicted octanol–water partition coefficient (Wildman–Crippen LogP) is 4.10. The average Bonchev–Trinajstić information content (AvgIpc) is 3.87. The molecule has 13 nitrogen and oxygen atoms in total. The van der Waals surface area contributed by atoms with Gasteiger partial charge in [0, 0.05) is 67.7 Å². The number of Topliss-reactive ketones (excluding diaryl/α,β-unsaturated/α-hetero) is 1. The largest absolute Gasteiger partial charge is 0.445 e. The lowest BCUT2D eigenvalue weighted by molar-refractivity contribution is -0.198. The summed E-state index contributed by atoms with van der Waals surface area (Å²) in [5, 5.41) is 14.4. The number of aliphatic imine (C=N–C) groups is 1. The van der Waals surface area contributed by atoms with Gasteiger partial charge in [0.15, 0.2) is 0 Å². The number of piperidine rings is 1. The van der Waals surface area contributed by atoms with Crippen molar-refractivity contribution in [2.24, 2.45) is 50.6 Å². The van der Waals surface area contributed by atoms with Gasteiger partial charge in [-0.3, -0.25) is 24.6 Å². The maximum absolute atomic E-state index is 13.7. The number of nitrogens with two attached hydrogens (primary N) is 1. The molecular weight excluding hydrogens is 662 g/mol. The summed E-state index contributed by atoms with van der Waals surface area (Å²) in [6.07, 6.45) is 7.25. The minimum Gasteiger partial charge on any atom is -0.445 e. The number of imide groups is 1. The van der Waals surface area contributed by atoms with Crippen molar-refractivity contribution in [3.63, 3.8) is 0 Å². The standard InChI is InChI=1S/C39H59N7O6/c1-6-37(4)19-29(38(5)23(2)7-13-39(24(3)32(37)49)14-8-28(47)31(38)39)52-36(51)43-34(50)25-10-16-44(17-11-25)30(48)21-46-22-42-33-27(9-15-41-33)35(46)45-18-12-26(40)20-45/h9,15,22-26,29,31-32,35,41,49H,6-8,10-14,16-21,40H2,1-5H3,(H,43,50,51)/t23?,24?,26?,29?,31?,32-,35?,37+,38?,39?/m0/s1. The van der Waals surface area contributed by atoms with Crippen molar-refractivity contribution >= 4 is 35.8 Å². The molecule has 1 aromatic rings. The van der Waals surface area contributed by atoms with Gasteiger partial charge in [0.2, 0.25) is 11.8 Å². The number of likely N-dealkylation sites (tertiary alicyclic amines) is 2. The van der Waals surface area contributed by atoms with Gasteiger partial charge in [-0.15, -0.1) is 0 Å². The molecule has 10 atom stereocenters. The minimum atomic E-state index is -0.800. The van der Waals surface area contributed by atoms with Gasteiger partial charge in [0.05, 0.1) is 19.0 Å². The molecule has 8 unspecified atom stereocenters. The number of H-pyrrole nitrogens is 1. The first-order chi connectivity index (χ1) is 24.7. The van der Waals surface area contributed by atoms with Gasteiger partial charge in [-0.05, 0) is 80.1 Å². The van der Waals surface area contributed by atoms with Gasteiger partial charge in [-0.1, -0.05) is 34.6 Å². The van der Waals surface area contributed by atoms with E-state index >= 15 is 0 Å². The van der Waals surface area contributed by atoms with E-state index in [9.17, 15) is 24.3 Å². The highest BCUT2D eigenvalue weighted by Gasteiger charge is 2.68. The number of hydrogen-bond donors (Lipinski definition) is 4. The molecule has 286 valence electrons. The second-order valence-corrected chi connectivity index (χ2v) is 17.5. The number of rotatable bonds is 6. The third kappa shape index (κ3) is 6.08. The highest BCUT2D eigenvalue weighted by Crippen LogP contribution is 2.68. The van der Waals surface area contributed by atoms with Crippen molar-refractivity contribution in [2.75, 3.05) is 32.7 Å². The zero-order valence-corrected chi connectivity index (χ0v) is 31.6. The summed E-state index contributed by atoms with van der Waals surface area (Å²) < 4.78 is 6.27. The maximum atomic E-state index is 13.7. The number of carbonyl (C=O) groups is 4. The number of ketones is 1. The molecule has 3 aliphatic carbocycles. The van der Waals surface area contributed by atoms with Crippen LogP contribution in [0.15, 0.2) is 17.3 Å². The van der Waals surface area contributed by atoms with Gasteiger partial charge >= 0.3 is 6.09 Å². The number of nitrogens with one attached hydrogen (secondary N) is 2. The van der Waals surface area contributed by atoms with E-state index < -0.39 is 41.0 Å². The number of aromatic amines is 1. The van der Waals surface area contributed by atoms with E-state index in [1.54, 1.807) is 11.2 Å². The van der Waals surface area contributed by atoms with Crippen LogP contribution >= 0.6 is 0 Å². The lowest BCUT2D eigenvalue weighted by Gasteiger charge is -2.62. The second kappa shape index (κ2) is 13.8. The van der Waals surface area contributed by atoms with Gasteiger partial charge in [0.1, 0.15) is 23.9 Å². The van der Waals surface area contributed by atoms with Gasteiger partial charge in [-0.2, -0.15) is 0 Å². The molecule has 13 heteroatoms. The van der Waals surface area contributed by atoms with E-state index in [2.05, 4.69) is 54.8 Å². The Balaban J connectivity index is 0.985. The molecule has 2 bridgehead atoms. The number of alkyl carbamates (subject to hydrolysis) is 1. The molecule has 3 saturated carbocycles. The number of aromatic nitrogens is 1. The number of fused-ring (bicyclic) bond motifs is 1. The molecule has 0 aromatic carbocycles. The highest BCUT2D eigenvalue weighted by molar-refractivity contribution is 5.93. The quantitative estimate of drug-likeness (QED) is 0.337. The molecule has 52 heavy (non-hydrogen) atoms. The molecule has 5 fully saturated rings. The Kier molecular flexibility index (Phi) is 9.86. The molecule has 5 N–H and O–H groups in total. The monoisotopic (exact) mass is 721 g/mol. The van der Waals surface area contributed by atoms with Crippen molar-refractivity contribution in [3.05, 3.63) is 17.8 Å². The molecule has 1 aromatic heterocycles. The fraction of sp³-hybridized carbons (Fsp3) is 0.769. The number of amides is 3. The zero-order chi connectivity index (χ0) is 37.2. The van der Waals surface area contributed by atoms with Crippen LogP contribution in [0, 0.1) is 39.9 Å². The smallest absolute Gasteiger partial charge is 0.414 e. The lowest BCUT2D eigenvalue weighted by atomic mass is 9.43. The van der Waals surface area contributed by atoms with Crippen LogP contribution < -0.4 is 11.1 Å². The third-order valence-corrected chi connectivity index (χ3v) is 15.0. The fourth-order valence-electron chi connectivity index (χ4n) is 11.4. The van der Waals surface area contributed by atoms with E-state index in [1.807, 2.05) is 17.2 Å². The maximum Gasteiger partial charge on any atom is 0.414 e. The first kappa shape index (κ1) is 37.0. The number of aliphatic hydroxyl groups is 1. The number of carbonyl (C=O) groups excluding carboxylic acids is 4. The molecule has 6 aliphatic rings. The average molecular weight is 722 g/mol. The van der Waals surface area contributed by atoms with E-state index in [0.29, 0.717) is 45.2 Å². The first-order valence-corrected chi connectivity index (χ1v) is 19.7. The predicted molar refractivity (Wildman–Crippen MR) is 195 cm³/mol. The van der Waals surface area contributed by atoms with Crippen LogP contribution in [0.4, 0.5) is 10.6 Å². The third-order valence-electron chi connectivity index (χ3n) is 15.0. The Morgan fingerprint density at radius 3 is 2.56 bits per heavy atom. The Morgan fingerprint density at radius 1 is 1.12 bits per heavy atom.